The van der Waals surface area contributed by atoms with Gasteiger partial charge < -0.3 is 14.9 Å². The molecule has 1 aromatic heterocycles. The Balaban J connectivity index is 2.27. The van der Waals surface area contributed by atoms with Crippen LogP contribution in [0.5, 0.6) is 0 Å². The Kier molecular flexibility index (Phi) is 4.03. The van der Waals surface area contributed by atoms with E-state index in [2.05, 4.69) is 20.0 Å². The van der Waals surface area contributed by atoms with Gasteiger partial charge in [0.15, 0.2) is 5.82 Å². The van der Waals surface area contributed by atoms with Gasteiger partial charge in [0.1, 0.15) is 0 Å². The van der Waals surface area contributed by atoms with Crippen LogP contribution in [0.3, 0.4) is 0 Å². The second-order valence-electron chi connectivity index (χ2n) is 3.38. The summed E-state index contributed by atoms with van der Waals surface area (Å²) in [6.07, 6.45) is 2.77. The third-order valence-electron chi connectivity index (χ3n) is 2.46. The van der Waals surface area contributed by atoms with E-state index in [0.29, 0.717) is 18.9 Å². The molecule has 1 rings (SSSR count). The summed E-state index contributed by atoms with van der Waals surface area (Å²) in [6.45, 7) is 5.02. The summed E-state index contributed by atoms with van der Waals surface area (Å²) >= 11 is 0. The molecule has 0 aliphatic rings. The molecule has 0 unspecified atom stereocenters. The molecule has 5 heteroatoms. The molecule has 2 N–H and O–H groups in total. The number of aromatic nitrogens is 2. The van der Waals surface area contributed by atoms with Gasteiger partial charge in [0.2, 0.25) is 6.39 Å². The third kappa shape index (κ3) is 3.08. The van der Waals surface area contributed by atoms with Crippen LogP contribution in [0.15, 0.2) is 10.9 Å². The number of nitrogens with zero attached hydrogens (tertiary/aromatic N) is 2. The summed E-state index contributed by atoms with van der Waals surface area (Å²) in [5.74, 6) is 0.611. The molecule has 0 atom stereocenters. The zero-order chi connectivity index (χ0) is 10.4. The fraction of sp³-hybridized carbons (Fsp3) is 0.778. The van der Waals surface area contributed by atoms with E-state index in [9.17, 15) is 5.11 Å². The van der Waals surface area contributed by atoms with Crippen LogP contribution in [0, 0.1) is 0 Å². The molecule has 0 aliphatic carbocycles. The Morgan fingerprint density at radius 2 is 2.21 bits per heavy atom. The molecule has 5 nitrogen and oxygen atoms in total. The summed E-state index contributed by atoms with van der Waals surface area (Å²) in [5.41, 5.74) is -0.621. The van der Waals surface area contributed by atoms with Crippen molar-refractivity contribution in [1.29, 1.82) is 0 Å². The second kappa shape index (κ2) is 5.07. The average molecular weight is 199 g/mol. The fourth-order valence-corrected chi connectivity index (χ4v) is 1.18. The molecular weight excluding hydrogens is 182 g/mol. The van der Waals surface area contributed by atoms with Crippen LogP contribution in [0.25, 0.3) is 0 Å². The molecular formula is C9H17N3O2. The third-order valence-corrected chi connectivity index (χ3v) is 2.46. The van der Waals surface area contributed by atoms with Crippen molar-refractivity contribution in [3.63, 3.8) is 0 Å². The predicted octanol–water partition coefficient (Wildman–Crippen LogP) is 0.710. The van der Waals surface area contributed by atoms with Crippen molar-refractivity contribution in [3.05, 3.63) is 12.2 Å². The fourth-order valence-electron chi connectivity index (χ4n) is 1.18. The van der Waals surface area contributed by atoms with Gasteiger partial charge in [-0.3, -0.25) is 0 Å². The van der Waals surface area contributed by atoms with Crippen LogP contribution in [0.2, 0.25) is 0 Å². The lowest BCUT2D eigenvalue weighted by Crippen LogP contribution is -2.39. The lowest BCUT2D eigenvalue weighted by molar-refractivity contribution is 0.0321. The maximum atomic E-state index is 9.93. The monoisotopic (exact) mass is 199 g/mol. The van der Waals surface area contributed by atoms with E-state index in [-0.39, 0.29) is 0 Å². The molecule has 0 saturated carbocycles. The van der Waals surface area contributed by atoms with Crippen molar-refractivity contribution in [2.75, 3.05) is 6.54 Å². The van der Waals surface area contributed by atoms with Crippen LogP contribution >= 0.6 is 0 Å². The predicted molar refractivity (Wildman–Crippen MR) is 51.5 cm³/mol. The molecule has 0 radical (unpaired) electrons. The van der Waals surface area contributed by atoms with Crippen molar-refractivity contribution < 1.29 is 9.63 Å². The van der Waals surface area contributed by atoms with Crippen LogP contribution in [0.4, 0.5) is 0 Å². The molecule has 0 fully saturated rings. The first kappa shape index (κ1) is 11.1. The van der Waals surface area contributed by atoms with Gasteiger partial charge in [-0.25, -0.2) is 0 Å². The number of hydrogen-bond donors (Lipinski definition) is 2. The van der Waals surface area contributed by atoms with E-state index < -0.39 is 5.60 Å². The van der Waals surface area contributed by atoms with Crippen LogP contribution < -0.4 is 5.32 Å². The quantitative estimate of drug-likeness (QED) is 0.706. The first-order chi connectivity index (χ1) is 6.70. The molecule has 0 spiro atoms. The number of hydrogen-bond acceptors (Lipinski definition) is 5. The van der Waals surface area contributed by atoms with Crippen molar-refractivity contribution in [3.8, 4) is 0 Å². The largest absolute Gasteiger partial charge is 0.389 e. The van der Waals surface area contributed by atoms with E-state index in [1.165, 1.54) is 6.39 Å². The maximum absolute atomic E-state index is 9.93. The highest BCUT2D eigenvalue weighted by atomic mass is 16.5. The Hall–Kier alpha value is -0.940. The van der Waals surface area contributed by atoms with Gasteiger partial charge in [-0.15, -0.1) is 0 Å². The normalized spacial score (nSPS) is 11.9. The minimum Gasteiger partial charge on any atom is -0.389 e. The van der Waals surface area contributed by atoms with Crippen molar-refractivity contribution >= 4 is 0 Å². The highest BCUT2D eigenvalue weighted by molar-refractivity contribution is 4.81. The average Bonchev–Trinajstić information content (AvgIpc) is 2.70. The van der Waals surface area contributed by atoms with Crippen LogP contribution in [-0.2, 0) is 6.54 Å². The summed E-state index contributed by atoms with van der Waals surface area (Å²) in [7, 11) is 0. The molecule has 14 heavy (non-hydrogen) atoms. The Morgan fingerprint density at radius 1 is 1.50 bits per heavy atom. The first-order valence-electron chi connectivity index (χ1n) is 4.88. The molecule has 1 aromatic rings. The number of rotatable bonds is 6. The first-order valence-corrected chi connectivity index (χ1v) is 4.88. The van der Waals surface area contributed by atoms with Gasteiger partial charge in [-0.05, 0) is 12.8 Å². The van der Waals surface area contributed by atoms with E-state index in [1.54, 1.807) is 0 Å². The minimum atomic E-state index is -0.621. The van der Waals surface area contributed by atoms with Gasteiger partial charge in [0.25, 0.3) is 0 Å². The zero-order valence-electron chi connectivity index (χ0n) is 8.66. The van der Waals surface area contributed by atoms with Gasteiger partial charge >= 0.3 is 0 Å². The molecule has 0 aliphatic heterocycles. The molecule has 0 bridgehead atoms. The van der Waals surface area contributed by atoms with Crippen molar-refractivity contribution in [1.82, 2.24) is 15.5 Å². The standard InChI is InChI=1S/C9H17N3O2/c1-3-9(13,4-2)6-10-5-8-11-7-14-12-8/h7,10,13H,3-6H2,1-2H3. The van der Waals surface area contributed by atoms with Crippen molar-refractivity contribution in [2.24, 2.45) is 0 Å². The van der Waals surface area contributed by atoms with E-state index in [1.807, 2.05) is 13.8 Å². The molecule has 80 valence electrons. The Labute approximate surface area is 83.5 Å². The number of aliphatic hydroxyl groups is 1. The van der Waals surface area contributed by atoms with E-state index >= 15 is 0 Å². The molecule has 0 aromatic carbocycles. The van der Waals surface area contributed by atoms with Crippen LogP contribution in [0.1, 0.15) is 32.5 Å². The second-order valence-corrected chi connectivity index (χ2v) is 3.38. The molecule has 1 heterocycles. The highest BCUT2D eigenvalue weighted by Gasteiger charge is 2.21. The van der Waals surface area contributed by atoms with E-state index in [4.69, 9.17) is 0 Å². The topological polar surface area (TPSA) is 71.2 Å². The zero-order valence-corrected chi connectivity index (χ0v) is 8.66. The summed E-state index contributed by atoms with van der Waals surface area (Å²) in [6, 6.07) is 0. The minimum absolute atomic E-state index is 0.527. The summed E-state index contributed by atoms with van der Waals surface area (Å²) < 4.78 is 4.59. The molecule has 0 saturated heterocycles. The summed E-state index contributed by atoms with van der Waals surface area (Å²) in [5, 5.41) is 16.7. The molecule has 0 amide bonds. The highest BCUT2D eigenvalue weighted by Crippen LogP contribution is 2.12. The smallest absolute Gasteiger partial charge is 0.213 e. The van der Waals surface area contributed by atoms with Gasteiger partial charge in [0.05, 0.1) is 12.1 Å². The lowest BCUT2D eigenvalue weighted by Gasteiger charge is -2.25. The maximum Gasteiger partial charge on any atom is 0.213 e. The van der Waals surface area contributed by atoms with E-state index in [0.717, 1.165) is 12.8 Å². The van der Waals surface area contributed by atoms with Crippen LogP contribution in [-0.4, -0.2) is 27.4 Å². The van der Waals surface area contributed by atoms with Gasteiger partial charge in [-0.1, -0.05) is 19.0 Å². The van der Waals surface area contributed by atoms with Gasteiger partial charge in [0, 0.05) is 6.54 Å². The van der Waals surface area contributed by atoms with Crippen molar-refractivity contribution in [2.45, 2.75) is 38.8 Å². The summed E-state index contributed by atoms with van der Waals surface area (Å²) in [4.78, 5) is 3.87. The SMILES string of the molecule is CCC(O)(CC)CNCc1ncon1. The van der Waals surface area contributed by atoms with Gasteiger partial charge in [-0.2, -0.15) is 4.98 Å². The Bertz CT molecular complexity index is 245. The number of nitrogens with one attached hydrogen (secondary N) is 1. The lowest BCUT2D eigenvalue weighted by atomic mass is 9.98. The Morgan fingerprint density at radius 3 is 2.71 bits per heavy atom.